The molecule has 0 saturated heterocycles. The monoisotopic (exact) mass is 468 g/mol. The minimum Gasteiger partial charge on any atom is -0.490 e. The molecule has 32 heavy (non-hydrogen) atoms. The van der Waals surface area contributed by atoms with Crippen LogP contribution in [0.25, 0.3) is 21.1 Å². The molecule has 3 aromatic rings. The highest BCUT2D eigenvalue weighted by atomic mass is 32.2. The van der Waals surface area contributed by atoms with Gasteiger partial charge in [0.25, 0.3) is 0 Å². The summed E-state index contributed by atoms with van der Waals surface area (Å²) in [6, 6.07) is 13.3. The lowest BCUT2D eigenvalue weighted by molar-refractivity contribution is 0.242. The SMILES string of the molecule is CCS(=O)(=O)N[C@H]1CCc2c(-c3nnc(-c4ccc(OC(C)C)c(C#N)c4)s3)cccc21. The number of hydrogen-bond donors (Lipinski definition) is 1. The summed E-state index contributed by atoms with van der Waals surface area (Å²) in [5.41, 5.74) is 4.35. The molecule has 7 nitrogen and oxygen atoms in total. The first-order valence-electron chi connectivity index (χ1n) is 10.5. The highest BCUT2D eigenvalue weighted by Crippen LogP contribution is 2.40. The lowest BCUT2D eigenvalue weighted by Crippen LogP contribution is -2.28. The van der Waals surface area contributed by atoms with Crippen LogP contribution in [0.2, 0.25) is 0 Å². The van der Waals surface area contributed by atoms with Crippen LogP contribution >= 0.6 is 11.3 Å². The summed E-state index contributed by atoms with van der Waals surface area (Å²) in [5, 5.41) is 19.7. The highest BCUT2D eigenvalue weighted by Gasteiger charge is 2.28. The predicted molar refractivity (Wildman–Crippen MR) is 125 cm³/mol. The van der Waals surface area contributed by atoms with Crippen LogP contribution in [-0.4, -0.2) is 30.5 Å². The molecule has 0 spiro atoms. The second-order valence-corrected chi connectivity index (χ2v) is 10.9. The Morgan fingerprint density at radius 2 is 2.03 bits per heavy atom. The average molecular weight is 469 g/mol. The molecule has 4 rings (SSSR count). The van der Waals surface area contributed by atoms with E-state index >= 15 is 0 Å². The van der Waals surface area contributed by atoms with Crippen molar-refractivity contribution in [3.8, 4) is 33.0 Å². The van der Waals surface area contributed by atoms with Crippen LogP contribution in [0.15, 0.2) is 36.4 Å². The molecular formula is C23H24N4O3S2. The number of hydrogen-bond acceptors (Lipinski definition) is 7. The number of rotatable bonds is 7. The second-order valence-electron chi connectivity index (χ2n) is 7.89. The quantitative estimate of drug-likeness (QED) is 0.549. The molecule has 0 bridgehead atoms. The van der Waals surface area contributed by atoms with E-state index in [0.29, 0.717) is 16.3 Å². The van der Waals surface area contributed by atoms with Crippen molar-refractivity contribution in [1.29, 1.82) is 5.26 Å². The minimum absolute atomic E-state index is 0.0214. The van der Waals surface area contributed by atoms with Crippen LogP contribution < -0.4 is 9.46 Å². The first-order chi connectivity index (χ1) is 15.3. The Morgan fingerprint density at radius 3 is 2.75 bits per heavy atom. The molecule has 0 aliphatic heterocycles. The molecule has 9 heteroatoms. The molecule has 0 radical (unpaired) electrons. The van der Waals surface area contributed by atoms with E-state index in [1.54, 1.807) is 19.1 Å². The molecule has 0 unspecified atom stereocenters. The number of ether oxygens (including phenoxy) is 1. The molecule has 1 atom stereocenters. The van der Waals surface area contributed by atoms with Crippen molar-refractivity contribution in [3.05, 3.63) is 53.1 Å². The smallest absolute Gasteiger partial charge is 0.211 e. The van der Waals surface area contributed by atoms with E-state index < -0.39 is 10.0 Å². The Hall–Kier alpha value is -2.80. The van der Waals surface area contributed by atoms with Gasteiger partial charge in [-0.3, -0.25) is 0 Å². The summed E-state index contributed by atoms with van der Waals surface area (Å²) in [5.74, 6) is 0.613. The lowest BCUT2D eigenvalue weighted by Gasteiger charge is -2.14. The van der Waals surface area contributed by atoms with E-state index in [-0.39, 0.29) is 17.9 Å². The first kappa shape index (κ1) is 22.4. The van der Waals surface area contributed by atoms with Crippen molar-refractivity contribution in [2.75, 3.05) is 5.75 Å². The van der Waals surface area contributed by atoms with Gasteiger partial charge in [-0.05, 0) is 62.9 Å². The normalized spacial score (nSPS) is 15.5. The maximum absolute atomic E-state index is 12.1. The zero-order chi connectivity index (χ0) is 22.9. The zero-order valence-corrected chi connectivity index (χ0v) is 19.8. The highest BCUT2D eigenvalue weighted by molar-refractivity contribution is 7.89. The van der Waals surface area contributed by atoms with Gasteiger partial charge in [0.15, 0.2) is 0 Å². The molecular weight excluding hydrogens is 444 g/mol. The standard InChI is InChI=1S/C23H24N4O3S2/c1-4-32(28,29)27-20-10-9-17-18(20)6-5-7-19(17)23-26-25-22(31-23)15-8-11-21(30-14(2)3)16(12-15)13-24/h5-8,11-12,14,20,27H,4,9-10H2,1-3H3/t20-/m0/s1. The number of nitriles is 1. The van der Waals surface area contributed by atoms with Gasteiger partial charge < -0.3 is 4.74 Å². The van der Waals surface area contributed by atoms with Crippen LogP contribution in [0.1, 0.15) is 49.9 Å². The van der Waals surface area contributed by atoms with Crippen LogP contribution in [0.4, 0.5) is 0 Å². The fourth-order valence-electron chi connectivity index (χ4n) is 3.83. The van der Waals surface area contributed by atoms with Gasteiger partial charge >= 0.3 is 0 Å². The van der Waals surface area contributed by atoms with E-state index in [4.69, 9.17) is 4.74 Å². The third-order valence-electron chi connectivity index (χ3n) is 5.34. The van der Waals surface area contributed by atoms with Gasteiger partial charge in [-0.1, -0.05) is 29.5 Å². The Kier molecular flexibility index (Phi) is 6.29. The molecule has 166 valence electrons. The van der Waals surface area contributed by atoms with Crippen molar-refractivity contribution in [2.45, 2.75) is 45.8 Å². The number of benzene rings is 2. The van der Waals surface area contributed by atoms with Gasteiger partial charge in [0.1, 0.15) is 21.8 Å². The summed E-state index contributed by atoms with van der Waals surface area (Å²) >= 11 is 1.45. The number of sulfonamides is 1. The summed E-state index contributed by atoms with van der Waals surface area (Å²) in [7, 11) is -3.28. The van der Waals surface area contributed by atoms with Gasteiger partial charge in [-0.25, -0.2) is 13.1 Å². The Bertz CT molecular complexity index is 1290. The molecule has 2 aromatic carbocycles. The van der Waals surface area contributed by atoms with E-state index in [9.17, 15) is 13.7 Å². The molecule has 1 heterocycles. The topological polar surface area (TPSA) is 105 Å². The number of nitrogens with one attached hydrogen (secondary N) is 1. The summed E-state index contributed by atoms with van der Waals surface area (Å²) in [6.07, 6.45) is 1.48. The van der Waals surface area contributed by atoms with E-state index in [0.717, 1.165) is 40.1 Å². The fourth-order valence-corrected chi connectivity index (χ4v) is 5.57. The molecule has 1 aromatic heterocycles. The zero-order valence-electron chi connectivity index (χ0n) is 18.1. The van der Waals surface area contributed by atoms with E-state index in [1.165, 1.54) is 11.3 Å². The fraction of sp³-hybridized carbons (Fsp3) is 0.348. The van der Waals surface area contributed by atoms with Gasteiger partial charge in [0.2, 0.25) is 10.0 Å². The second kappa shape index (κ2) is 8.98. The molecule has 1 N–H and O–H groups in total. The Morgan fingerprint density at radius 1 is 1.25 bits per heavy atom. The maximum Gasteiger partial charge on any atom is 0.211 e. The van der Waals surface area contributed by atoms with Gasteiger partial charge in [0, 0.05) is 17.2 Å². The van der Waals surface area contributed by atoms with Crippen molar-refractivity contribution >= 4 is 21.4 Å². The van der Waals surface area contributed by atoms with Crippen LogP contribution in [0, 0.1) is 11.3 Å². The van der Waals surface area contributed by atoms with Crippen LogP contribution in [0.5, 0.6) is 5.75 Å². The Balaban J connectivity index is 1.65. The Labute approximate surface area is 192 Å². The van der Waals surface area contributed by atoms with Crippen molar-refractivity contribution < 1.29 is 13.2 Å². The summed E-state index contributed by atoms with van der Waals surface area (Å²) < 4.78 is 32.6. The predicted octanol–water partition coefficient (Wildman–Crippen LogP) is 4.46. The summed E-state index contributed by atoms with van der Waals surface area (Å²) in [4.78, 5) is 0. The van der Waals surface area contributed by atoms with Crippen molar-refractivity contribution in [1.82, 2.24) is 14.9 Å². The number of fused-ring (bicyclic) bond motifs is 1. The van der Waals surface area contributed by atoms with Gasteiger partial charge in [0.05, 0.1) is 17.4 Å². The maximum atomic E-state index is 12.1. The molecule has 1 aliphatic carbocycles. The molecule has 0 amide bonds. The summed E-state index contributed by atoms with van der Waals surface area (Å²) in [6.45, 7) is 5.47. The molecule has 0 fully saturated rings. The van der Waals surface area contributed by atoms with Gasteiger partial charge in [-0.15, -0.1) is 10.2 Å². The number of aromatic nitrogens is 2. The first-order valence-corrected chi connectivity index (χ1v) is 12.9. The van der Waals surface area contributed by atoms with Gasteiger partial charge in [-0.2, -0.15) is 5.26 Å². The van der Waals surface area contributed by atoms with E-state index in [2.05, 4.69) is 21.0 Å². The van der Waals surface area contributed by atoms with Crippen molar-refractivity contribution in [3.63, 3.8) is 0 Å². The average Bonchev–Trinajstić information content (AvgIpc) is 3.41. The molecule has 1 aliphatic rings. The third-order valence-corrected chi connectivity index (χ3v) is 7.75. The minimum atomic E-state index is -3.28. The van der Waals surface area contributed by atoms with E-state index in [1.807, 2.05) is 38.1 Å². The van der Waals surface area contributed by atoms with Crippen LogP contribution in [-0.2, 0) is 16.4 Å². The third kappa shape index (κ3) is 4.53. The largest absolute Gasteiger partial charge is 0.490 e. The number of nitrogens with zero attached hydrogens (tertiary/aromatic N) is 3. The molecule has 0 saturated carbocycles. The van der Waals surface area contributed by atoms with Crippen molar-refractivity contribution in [2.24, 2.45) is 0 Å². The lowest BCUT2D eigenvalue weighted by atomic mass is 10.0. The van der Waals surface area contributed by atoms with Crippen LogP contribution in [0.3, 0.4) is 0 Å².